The first-order chi connectivity index (χ1) is 8.19. The zero-order chi connectivity index (χ0) is 12.7. The van der Waals surface area contributed by atoms with Gasteiger partial charge in [0.1, 0.15) is 0 Å². The Balaban J connectivity index is 2.44. The molecule has 1 rings (SSSR count). The summed E-state index contributed by atoms with van der Waals surface area (Å²) < 4.78 is 14.4. The van der Waals surface area contributed by atoms with Gasteiger partial charge in [0.25, 0.3) is 0 Å². The molecule has 0 aromatic carbocycles. The highest BCUT2D eigenvalue weighted by Crippen LogP contribution is 2.18. The molecular formula is C11H14O5S. The van der Waals surface area contributed by atoms with Crippen molar-refractivity contribution in [1.29, 1.82) is 0 Å². The first-order valence-electron chi connectivity index (χ1n) is 5.07. The van der Waals surface area contributed by atoms with Crippen molar-refractivity contribution in [3.8, 4) is 0 Å². The molecule has 0 saturated carbocycles. The summed E-state index contributed by atoms with van der Waals surface area (Å²) in [6.45, 7) is 2.13. The van der Waals surface area contributed by atoms with E-state index in [9.17, 15) is 9.59 Å². The summed E-state index contributed by atoms with van der Waals surface area (Å²) in [6, 6.07) is 1.68. The molecule has 0 fully saturated rings. The van der Waals surface area contributed by atoms with E-state index in [0.717, 1.165) is 0 Å². The molecule has 0 atom stereocenters. The van der Waals surface area contributed by atoms with Gasteiger partial charge in [0, 0.05) is 11.3 Å². The molecule has 0 radical (unpaired) electrons. The van der Waals surface area contributed by atoms with Gasteiger partial charge < -0.3 is 13.9 Å². The highest BCUT2D eigenvalue weighted by Gasteiger charge is 2.15. The number of esters is 2. The predicted molar refractivity (Wildman–Crippen MR) is 62.8 cm³/mol. The number of thioether (sulfide) groups is 1. The number of hydrogen-bond donors (Lipinski definition) is 0. The molecule has 0 aliphatic carbocycles. The van der Waals surface area contributed by atoms with Crippen LogP contribution >= 0.6 is 11.8 Å². The van der Waals surface area contributed by atoms with E-state index in [1.54, 1.807) is 13.0 Å². The quantitative estimate of drug-likeness (QED) is 0.726. The van der Waals surface area contributed by atoms with Crippen LogP contribution < -0.4 is 0 Å². The number of rotatable bonds is 6. The van der Waals surface area contributed by atoms with Crippen LogP contribution in [0.4, 0.5) is 0 Å². The minimum Gasteiger partial charge on any atom is -0.465 e. The Labute approximate surface area is 103 Å². The summed E-state index contributed by atoms with van der Waals surface area (Å²) in [4.78, 5) is 22.4. The van der Waals surface area contributed by atoms with Crippen molar-refractivity contribution >= 4 is 23.7 Å². The standard InChI is InChI=1S/C11H14O5S/c1-3-15-9(12)7-17-6-8-4-5-16-10(8)11(13)14-2/h4-5H,3,6-7H2,1-2H3. The molecule has 1 aromatic rings. The number of methoxy groups -OCH3 is 1. The first kappa shape index (κ1) is 13.6. The molecule has 5 nitrogen and oxygen atoms in total. The second-order valence-corrected chi connectivity index (χ2v) is 4.05. The van der Waals surface area contributed by atoms with E-state index in [1.165, 1.54) is 25.1 Å². The zero-order valence-corrected chi connectivity index (χ0v) is 10.5. The Kier molecular flexibility index (Phi) is 5.62. The SMILES string of the molecule is CCOC(=O)CSCc1ccoc1C(=O)OC. The molecule has 0 saturated heterocycles. The van der Waals surface area contributed by atoms with Crippen molar-refractivity contribution in [3.05, 3.63) is 23.7 Å². The van der Waals surface area contributed by atoms with E-state index in [-0.39, 0.29) is 17.5 Å². The van der Waals surface area contributed by atoms with Crippen LogP contribution in [0, 0.1) is 0 Å². The van der Waals surface area contributed by atoms with Crippen LogP contribution in [0.5, 0.6) is 0 Å². The lowest BCUT2D eigenvalue weighted by Gasteiger charge is -2.02. The normalized spacial score (nSPS) is 10.0. The largest absolute Gasteiger partial charge is 0.465 e. The molecule has 0 bridgehead atoms. The third-order valence-corrected chi connectivity index (χ3v) is 2.86. The third-order valence-electron chi connectivity index (χ3n) is 1.90. The van der Waals surface area contributed by atoms with Gasteiger partial charge in [0.05, 0.1) is 25.7 Å². The topological polar surface area (TPSA) is 65.7 Å². The van der Waals surface area contributed by atoms with E-state index >= 15 is 0 Å². The predicted octanol–water partition coefficient (Wildman–Crippen LogP) is 1.86. The van der Waals surface area contributed by atoms with Crippen LogP contribution in [0.25, 0.3) is 0 Å². The van der Waals surface area contributed by atoms with Crippen LogP contribution in [0.1, 0.15) is 23.0 Å². The third kappa shape index (κ3) is 4.14. The molecule has 1 aromatic heterocycles. The van der Waals surface area contributed by atoms with Crippen LogP contribution in [-0.4, -0.2) is 31.4 Å². The van der Waals surface area contributed by atoms with Crippen molar-refractivity contribution < 1.29 is 23.5 Å². The smallest absolute Gasteiger partial charge is 0.374 e. The molecule has 6 heteroatoms. The molecule has 0 aliphatic heterocycles. The van der Waals surface area contributed by atoms with E-state index in [2.05, 4.69) is 4.74 Å². The lowest BCUT2D eigenvalue weighted by atomic mass is 10.3. The Morgan fingerprint density at radius 2 is 2.24 bits per heavy atom. The Bertz CT molecular complexity index is 385. The second kappa shape index (κ2) is 7.01. The fourth-order valence-corrected chi connectivity index (χ4v) is 1.97. The number of carbonyl (C=O) groups is 2. The molecule has 0 amide bonds. The number of carbonyl (C=O) groups excluding carboxylic acids is 2. The first-order valence-corrected chi connectivity index (χ1v) is 6.22. The molecule has 94 valence electrons. The number of hydrogen-bond acceptors (Lipinski definition) is 6. The number of ether oxygens (including phenoxy) is 2. The molecule has 0 N–H and O–H groups in total. The second-order valence-electron chi connectivity index (χ2n) is 3.06. The Morgan fingerprint density at radius 1 is 1.47 bits per heavy atom. The zero-order valence-electron chi connectivity index (χ0n) is 9.73. The average molecular weight is 258 g/mol. The Morgan fingerprint density at radius 3 is 2.88 bits per heavy atom. The maximum Gasteiger partial charge on any atom is 0.374 e. The maximum absolute atomic E-state index is 11.3. The van der Waals surface area contributed by atoms with Crippen molar-refractivity contribution in [2.75, 3.05) is 19.5 Å². The van der Waals surface area contributed by atoms with E-state index in [4.69, 9.17) is 9.15 Å². The summed E-state index contributed by atoms with van der Waals surface area (Å²) in [6.07, 6.45) is 1.42. The molecule has 17 heavy (non-hydrogen) atoms. The highest BCUT2D eigenvalue weighted by molar-refractivity contribution is 7.99. The lowest BCUT2D eigenvalue weighted by molar-refractivity contribution is -0.139. The van der Waals surface area contributed by atoms with Crippen molar-refractivity contribution in [1.82, 2.24) is 0 Å². The highest BCUT2D eigenvalue weighted by atomic mass is 32.2. The lowest BCUT2D eigenvalue weighted by Crippen LogP contribution is -2.07. The Hall–Kier alpha value is -1.43. The van der Waals surface area contributed by atoms with Crippen molar-refractivity contribution in [2.24, 2.45) is 0 Å². The summed E-state index contributed by atoms with van der Waals surface area (Å²) in [5, 5.41) is 0. The van der Waals surface area contributed by atoms with Crippen LogP contribution in [0.2, 0.25) is 0 Å². The molecular weight excluding hydrogens is 244 g/mol. The van der Waals surface area contributed by atoms with Gasteiger partial charge in [-0.05, 0) is 13.0 Å². The monoisotopic (exact) mass is 258 g/mol. The fraction of sp³-hybridized carbons (Fsp3) is 0.455. The van der Waals surface area contributed by atoms with E-state index in [1.807, 2.05) is 0 Å². The van der Waals surface area contributed by atoms with Gasteiger partial charge >= 0.3 is 11.9 Å². The molecule has 1 heterocycles. The molecule has 0 unspecified atom stereocenters. The van der Waals surface area contributed by atoms with Gasteiger partial charge in [-0.25, -0.2) is 4.79 Å². The van der Waals surface area contributed by atoms with Gasteiger partial charge in [-0.1, -0.05) is 0 Å². The number of furan rings is 1. The van der Waals surface area contributed by atoms with E-state index < -0.39 is 5.97 Å². The van der Waals surface area contributed by atoms with Gasteiger partial charge in [0.15, 0.2) is 0 Å². The maximum atomic E-state index is 11.3. The van der Waals surface area contributed by atoms with Gasteiger partial charge in [-0.3, -0.25) is 4.79 Å². The van der Waals surface area contributed by atoms with Gasteiger partial charge in [0.2, 0.25) is 5.76 Å². The fourth-order valence-electron chi connectivity index (χ4n) is 1.17. The summed E-state index contributed by atoms with van der Waals surface area (Å²) in [5.41, 5.74) is 0.714. The van der Waals surface area contributed by atoms with Crippen LogP contribution in [-0.2, 0) is 20.0 Å². The van der Waals surface area contributed by atoms with Crippen molar-refractivity contribution in [3.63, 3.8) is 0 Å². The minimum absolute atomic E-state index is 0.184. The van der Waals surface area contributed by atoms with E-state index in [0.29, 0.717) is 17.9 Å². The minimum atomic E-state index is -0.512. The summed E-state index contributed by atoms with van der Waals surface area (Å²) >= 11 is 1.36. The average Bonchev–Trinajstić information content (AvgIpc) is 2.77. The van der Waals surface area contributed by atoms with Crippen LogP contribution in [0.15, 0.2) is 16.7 Å². The molecule has 0 aliphatic rings. The van der Waals surface area contributed by atoms with Gasteiger partial charge in [-0.15, -0.1) is 11.8 Å². The molecule has 0 spiro atoms. The van der Waals surface area contributed by atoms with Crippen LogP contribution in [0.3, 0.4) is 0 Å². The van der Waals surface area contributed by atoms with Gasteiger partial charge in [-0.2, -0.15) is 0 Å². The van der Waals surface area contributed by atoms with Crippen molar-refractivity contribution in [2.45, 2.75) is 12.7 Å². The summed E-state index contributed by atoms with van der Waals surface area (Å²) in [5.74, 6) is 0.158. The summed E-state index contributed by atoms with van der Waals surface area (Å²) in [7, 11) is 1.29.